The van der Waals surface area contributed by atoms with Crippen molar-refractivity contribution >= 4 is 11.4 Å². The van der Waals surface area contributed by atoms with Gasteiger partial charge in [-0.3, -0.25) is 10.0 Å². The summed E-state index contributed by atoms with van der Waals surface area (Å²) in [5, 5.41) is 7.27. The first-order valence-electron chi connectivity index (χ1n) is 7.34. The zero-order valence-electron chi connectivity index (χ0n) is 10.4. The van der Waals surface area contributed by atoms with Gasteiger partial charge in [0, 0.05) is 12.5 Å². The minimum Gasteiger partial charge on any atom is -0.272 e. The van der Waals surface area contributed by atoms with E-state index in [0.29, 0.717) is 6.17 Å². The molecular formula is C14H21N3. The van der Waals surface area contributed by atoms with Gasteiger partial charge in [0.05, 0.1) is 11.4 Å². The number of nitrogens with zero attached hydrogens (tertiary/aromatic N) is 3. The van der Waals surface area contributed by atoms with Gasteiger partial charge in [-0.25, -0.2) is 0 Å². The fraction of sp³-hybridized carbons (Fsp3) is 0.857. The molecule has 3 heteroatoms. The number of rotatable bonds is 0. The lowest BCUT2D eigenvalue weighted by molar-refractivity contribution is 0.155. The van der Waals surface area contributed by atoms with Gasteiger partial charge in [0.15, 0.2) is 0 Å². The molecule has 0 aromatic heterocycles. The Morgan fingerprint density at radius 1 is 1.00 bits per heavy atom. The smallest absolute Gasteiger partial charge is 0.137 e. The van der Waals surface area contributed by atoms with Gasteiger partial charge in [0.25, 0.3) is 0 Å². The van der Waals surface area contributed by atoms with E-state index in [2.05, 4.69) is 5.01 Å². The predicted molar refractivity (Wildman–Crippen MR) is 69.3 cm³/mol. The van der Waals surface area contributed by atoms with E-state index in [1.165, 1.54) is 62.8 Å². The van der Waals surface area contributed by atoms with Crippen LogP contribution in [-0.4, -0.2) is 29.1 Å². The highest BCUT2D eigenvalue weighted by atomic mass is 15.5. The van der Waals surface area contributed by atoms with E-state index in [4.69, 9.17) is 10.1 Å². The van der Waals surface area contributed by atoms with Crippen LogP contribution in [-0.2, 0) is 0 Å². The number of hydrogen-bond donors (Lipinski definition) is 0. The Balaban J connectivity index is 1.67. The molecule has 0 radical (unpaired) electrons. The van der Waals surface area contributed by atoms with Crippen LogP contribution in [0.2, 0.25) is 0 Å². The number of fused-ring (bicyclic) bond motifs is 4. The summed E-state index contributed by atoms with van der Waals surface area (Å²) in [7, 11) is 0. The highest BCUT2D eigenvalue weighted by Gasteiger charge is 2.40. The lowest BCUT2D eigenvalue weighted by Gasteiger charge is -2.39. The van der Waals surface area contributed by atoms with Crippen molar-refractivity contribution in [1.29, 1.82) is 0 Å². The summed E-state index contributed by atoms with van der Waals surface area (Å²) in [4.78, 5) is 5.00. The lowest BCUT2D eigenvalue weighted by atomic mass is 9.78. The first-order chi connectivity index (χ1) is 8.42. The number of aliphatic imine (C=N–C) groups is 1. The normalized spacial score (nSPS) is 40.0. The standard InChI is InChI=1S/C14H21N3/c1-2-9-17-13(6-1)15-12-8-7-10-4-3-5-11(10)14(12)16-17/h10-11,13H,1-9H2. The van der Waals surface area contributed by atoms with Gasteiger partial charge >= 0.3 is 0 Å². The van der Waals surface area contributed by atoms with Gasteiger partial charge in [-0.1, -0.05) is 6.42 Å². The van der Waals surface area contributed by atoms with Crippen molar-refractivity contribution in [3.05, 3.63) is 0 Å². The Morgan fingerprint density at radius 2 is 2.00 bits per heavy atom. The summed E-state index contributed by atoms with van der Waals surface area (Å²) in [5.41, 5.74) is 2.76. The summed E-state index contributed by atoms with van der Waals surface area (Å²) >= 11 is 0. The molecule has 0 aromatic rings. The maximum atomic E-state index is 5.00. The third kappa shape index (κ3) is 1.54. The average Bonchev–Trinajstić information content (AvgIpc) is 2.85. The van der Waals surface area contributed by atoms with Crippen LogP contribution in [0.25, 0.3) is 0 Å². The minimum atomic E-state index is 0.389. The molecule has 92 valence electrons. The summed E-state index contributed by atoms with van der Waals surface area (Å²) in [6.07, 6.45) is 11.0. The van der Waals surface area contributed by atoms with E-state index in [-0.39, 0.29) is 0 Å². The van der Waals surface area contributed by atoms with E-state index in [1.807, 2.05) is 0 Å². The number of hydrazone groups is 1. The molecule has 17 heavy (non-hydrogen) atoms. The number of piperidine rings is 1. The molecule has 0 spiro atoms. The predicted octanol–water partition coefficient (Wildman–Crippen LogP) is 2.82. The van der Waals surface area contributed by atoms with E-state index in [1.54, 1.807) is 0 Å². The Kier molecular flexibility index (Phi) is 2.27. The van der Waals surface area contributed by atoms with Crippen LogP contribution < -0.4 is 0 Å². The Hall–Kier alpha value is -0.860. The van der Waals surface area contributed by atoms with Crippen molar-refractivity contribution in [2.45, 2.75) is 57.5 Å². The maximum Gasteiger partial charge on any atom is 0.137 e. The Bertz CT molecular complexity index is 385. The molecule has 4 aliphatic rings. The molecule has 0 N–H and O–H groups in total. The molecule has 2 aliphatic heterocycles. The van der Waals surface area contributed by atoms with E-state index >= 15 is 0 Å². The van der Waals surface area contributed by atoms with Crippen molar-refractivity contribution in [3.63, 3.8) is 0 Å². The van der Waals surface area contributed by atoms with Crippen molar-refractivity contribution < 1.29 is 0 Å². The van der Waals surface area contributed by atoms with Crippen LogP contribution in [0, 0.1) is 11.8 Å². The van der Waals surface area contributed by atoms with Crippen LogP contribution in [0.1, 0.15) is 51.4 Å². The largest absolute Gasteiger partial charge is 0.272 e. The first-order valence-corrected chi connectivity index (χ1v) is 7.34. The van der Waals surface area contributed by atoms with Crippen LogP contribution in [0.15, 0.2) is 10.1 Å². The van der Waals surface area contributed by atoms with Gasteiger partial charge < -0.3 is 0 Å². The zero-order chi connectivity index (χ0) is 11.2. The van der Waals surface area contributed by atoms with Crippen LogP contribution in [0.3, 0.4) is 0 Å². The fourth-order valence-corrected chi connectivity index (χ4v) is 4.13. The molecule has 2 saturated carbocycles. The molecule has 0 amide bonds. The van der Waals surface area contributed by atoms with Gasteiger partial charge in [0.2, 0.25) is 0 Å². The quantitative estimate of drug-likeness (QED) is 0.630. The SMILES string of the molecule is C1CC2CCC3=NC4CCCCN4N=C3C2C1. The molecule has 0 bridgehead atoms. The third-order valence-electron chi connectivity index (χ3n) is 5.04. The maximum absolute atomic E-state index is 5.00. The minimum absolute atomic E-state index is 0.389. The molecule has 0 aromatic carbocycles. The van der Waals surface area contributed by atoms with Crippen LogP contribution >= 0.6 is 0 Å². The zero-order valence-corrected chi connectivity index (χ0v) is 10.4. The van der Waals surface area contributed by atoms with Crippen molar-refractivity contribution in [2.24, 2.45) is 21.9 Å². The molecule has 3 fully saturated rings. The van der Waals surface area contributed by atoms with E-state index < -0.39 is 0 Å². The second-order valence-electron chi connectivity index (χ2n) is 6.04. The second-order valence-corrected chi connectivity index (χ2v) is 6.04. The lowest BCUT2D eigenvalue weighted by Crippen LogP contribution is -2.44. The highest BCUT2D eigenvalue weighted by Crippen LogP contribution is 2.41. The van der Waals surface area contributed by atoms with Gasteiger partial charge in [0.1, 0.15) is 6.17 Å². The van der Waals surface area contributed by atoms with Crippen LogP contribution in [0.4, 0.5) is 0 Å². The summed E-state index contributed by atoms with van der Waals surface area (Å²) < 4.78 is 0. The summed E-state index contributed by atoms with van der Waals surface area (Å²) in [6.45, 7) is 1.13. The Labute approximate surface area is 103 Å². The summed E-state index contributed by atoms with van der Waals surface area (Å²) in [6, 6.07) is 0. The topological polar surface area (TPSA) is 28.0 Å². The fourth-order valence-electron chi connectivity index (χ4n) is 4.13. The van der Waals surface area contributed by atoms with Crippen molar-refractivity contribution in [2.75, 3.05) is 6.54 Å². The molecule has 3 unspecified atom stereocenters. The average molecular weight is 231 g/mol. The highest BCUT2D eigenvalue weighted by molar-refractivity contribution is 6.44. The third-order valence-corrected chi connectivity index (χ3v) is 5.04. The van der Waals surface area contributed by atoms with Gasteiger partial charge in [-0.2, -0.15) is 5.10 Å². The molecule has 4 rings (SSSR count). The summed E-state index contributed by atoms with van der Waals surface area (Å²) in [5.74, 6) is 1.68. The molecular weight excluding hydrogens is 210 g/mol. The second kappa shape index (κ2) is 3.82. The van der Waals surface area contributed by atoms with Gasteiger partial charge in [-0.05, 0) is 50.9 Å². The molecule has 3 atom stereocenters. The molecule has 1 saturated heterocycles. The molecule has 3 nitrogen and oxygen atoms in total. The van der Waals surface area contributed by atoms with E-state index in [9.17, 15) is 0 Å². The van der Waals surface area contributed by atoms with E-state index in [0.717, 1.165) is 18.4 Å². The van der Waals surface area contributed by atoms with Gasteiger partial charge in [-0.15, -0.1) is 0 Å². The van der Waals surface area contributed by atoms with Crippen LogP contribution in [0.5, 0.6) is 0 Å². The number of hydrogen-bond acceptors (Lipinski definition) is 3. The molecule has 2 heterocycles. The molecule has 2 aliphatic carbocycles. The first kappa shape index (κ1) is 10.1. The monoisotopic (exact) mass is 231 g/mol. The van der Waals surface area contributed by atoms with Crippen molar-refractivity contribution in [3.8, 4) is 0 Å². The van der Waals surface area contributed by atoms with Crippen molar-refractivity contribution in [1.82, 2.24) is 5.01 Å². The Morgan fingerprint density at radius 3 is 3.00 bits per heavy atom.